The predicted octanol–water partition coefficient (Wildman–Crippen LogP) is 2.25. The van der Waals surface area contributed by atoms with Gasteiger partial charge in [0.1, 0.15) is 0 Å². The molecule has 4 heterocycles. The summed E-state index contributed by atoms with van der Waals surface area (Å²) >= 11 is 0. The van der Waals surface area contributed by atoms with Gasteiger partial charge in [0.2, 0.25) is 0 Å². The fraction of sp³-hybridized carbons (Fsp3) is 0.824. The molecule has 0 aromatic carbocycles. The molecule has 0 amide bonds. The molecule has 4 fully saturated rings. The van der Waals surface area contributed by atoms with Gasteiger partial charge in [0.05, 0.1) is 12.3 Å². The average Bonchev–Trinajstić information content (AvgIpc) is 3.16. The largest absolute Gasteiger partial charge is 0.395 e. The molecule has 3 aliphatic heterocycles. The van der Waals surface area contributed by atoms with Gasteiger partial charge >= 0.3 is 0 Å². The first kappa shape index (κ1) is 13.8. The summed E-state index contributed by atoms with van der Waals surface area (Å²) in [6.45, 7) is 2.60. The monoisotopic (exact) mass is 289 g/mol. The van der Waals surface area contributed by atoms with Crippen molar-refractivity contribution < 1.29 is 5.11 Å². The van der Waals surface area contributed by atoms with Crippen molar-refractivity contribution in [1.82, 2.24) is 14.7 Å². The van der Waals surface area contributed by atoms with Crippen LogP contribution in [0.2, 0.25) is 0 Å². The molecule has 1 aromatic heterocycles. The van der Waals surface area contributed by atoms with Gasteiger partial charge in [-0.05, 0) is 44.2 Å². The molecule has 1 saturated carbocycles. The van der Waals surface area contributed by atoms with Crippen LogP contribution < -0.4 is 0 Å². The standard InChI is InChI=1S/C17H27N3O/c1-19-17(9-16(18-19)12-4-2-3-5-12)15-10-20-7-6-13(15)8-14(20)11-21/h9,12-15,21H,2-8,10-11H2,1H3. The van der Waals surface area contributed by atoms with Crippen molar-refractivity contribution in [3.63, 3.8) is 0 Å². The van der Waals surface area contributed by atoms with Crippen molar-refractivity contribution in [1.29, 1.82) is 0 Å². The van der Waals surface area contributed by atoms with E-state index in [1.54, 1.807) is 0 Å². The van der Waals surface area contributed by atoms with E-state index in [1.165, 1.54) is 50.0 Å². The van der Waals surface area contributed by atoms with Crippen LogP contribution in [0.25, 0.3) is 0 Å². The summed E-state index contributed by atoms with van der Waals surface area (Å²) in [5.41, 5.74) is 2.77. The molecule has 1 N–H and O–H groups in total. The molecule has 4 atom stereocenters. The van der Waals surface area contributed by atoms with Crippen LogP contribution in [-0.4, -0.2) is 45.5 Å². The molecule has 1 aromatic rings. The van der Waals surface area contributed by atoms with Gasteiger partial charge in [0, 0.05) is 37.2 Å². The maximum Gasteiger partial charge on any atom is 0.0658 e. The van der Waals surface area contributed by atoms with Crippen LogP contribution in [0.1, 0.15) is 61.7 Å². The first-order chi connectivity index (χ1) is 10.3. The van der Waals surface area contributed by atoms with E-state index in [2.05, 4.69) is 22.7 Å². The quantitative estimate of drug-likeness (QED) is 0.928. The number of aliphatic hydroxyl groups is 1. The normalized spacial score (nSPS) is 36.5. The van der Waals surface area contributed by atoms with E-state index in [1.807, 2.05) is 0 Å². The zero-order chi connectivity index (χ0) is 14.4. The Kier molecular flexibility index (Phi) is 3.54. The van der Waals surface area contributed by atoms with Gasteiger partial charge in [-0.1, -0.05) is 12.8 Å². The molecule has 1 aliphatic carbocycles. The van der Waals surface area contributed by atoms with Crippen LogP contribution in [0.15, 0.2) is 6.07 Å². The molecule has 4 aliphatic rings. The molecule has 0 spiro atoms. The summed E-state index contributed by atoms with van der Waals surface area (Å²) < 4.78 is 2.15. The second-order valence-electron chi connectivity index (χ2n) is 7.32. The highest BCUT2D eigenvalue weighted by molar-refractivity contribution is 5.22. The highest BCUT2D eigenvalue weighted by Crippen LogP contribution is 2.43. The Hall–Kier alpha value is -0.870. The number of rotatable bonds is 3. The van der Waals surface area contributed by atoms with Gasteiger partial charge in [0.25, 0.3) is 0 Å². The van der Waals surface area contributed by atoms with Crippen LogP contribution in [0, 0.1) is 5.92 Å². The molecule has 116 valence electrons. The molecule has 4 unspecified atom stereocenters. The Bertz CT molecular complexity index is 506. The zero-order valence-corrected chi connectivity index (χ0v) is 13.0. The minimum Gasteiger partial charge on any atom is -0.395 e. The van der Waals surface area contributed by atoms with Crippen molar-refractivity contribution in [2.75, 3.05) is 19.7 Å². The first-order valence-electron chi connectivity index (χ1n) is 8.65. The number of aryl methyl sites for hydroxylation is 1. The molecular formula is C17H27N3O. The summed E-state index contributed by atoms with van der Waals surface area (Å²) in [6.07, 6.45) is 7.83. The predicted molar refractivity (Wildman–Crippen MR) is 82.3 cm³/mol. The Labute approximate surface area is 127 Å². The number of fused-ring (bicyclic) bond motifs is 3. The van der Waals surface area contributed by atoms with Crippen LogP contribution in [0.4, 0.5) is 0 Å². The fourth-order valence-electron chi connectivity index (χ4n) is 4.94. The summed E-state index contributed by atoms with van der Waals surface area (Å²) in [7, 11) is 2.12. The lowest BCUT2D eigenvalue weighted by Gasteiger charge is -2.49. The van der Waals surface area contributed by atoms with Gasteiger partial charge in [-0.3, -0.25) is 9.58 Å². The van der Waals surface area contributed by atoms with Gasteiger partial charge in [0.15, 0.2) is 0 Å². The average molecular weight is 289 g/mol. The topological polar surface area (TPSA) is 41.3 Å². The van der Waals surface area contributed by atoms with Crippen molar-refractivity contribution in [3.05, 3.63) is 17.5 Å². The molecular weight excluding hydrogens is 262 g/mol. The minimum atomic E-state index is 0.321. The zero-order valence-electron chi connectivity index (χ0n) is 13.0. The Morgan fingerprint density at radius 2 is 2.10 bits per heavy atom. The maximum atomic E-state index is 9.51. The van der Waals surface area contributed by atoms with E-state index in [9.17, 15) is 5.11 Å². The number of hydrogen-bond donors (Lipinski definition) is 1. The summed E-state index contributed by atoms with van der Waals surface area (Å²) in [6, 6.07) is 2.80. The van der Waals surface area contributed by atoms with Gasteiger partial charge in [-0.2, -0.15) is 5.10 Å². The number of hydrogen-bond acceptors (Lipinski definition) is 3. The summed E-state index contributed by atoms with van der Waals surface area (Å²) in [5.74, 6) is 2.06. The third-order valence-corrected chi connectivity index (χ3v) is 6.18. The number of aliphatic hydroxyl groups excluding tert-OH is 1. The first-order valence-corrected chi connectivity index (χ1v) is 8.65. The second-order valence-corrected chi connectivity index (χ2v) is 7.32. The van der Waals surface area contributed by atoms with Crippen LogP contribution in [0.5, 0.6) is 0 Å². The Balaban J connectivity index is 1.57. The lowest BCUT2D eigenvalue weighted by molar-refractivity contribution is 0.00104. The van der Waals surface area contributed by atoms with E-state index in [4.69, 9.17) is 5.10 Å². The summed E-state index contributed by atoms with van der Waals surface area (Å²) in [4.78, 5) is 2.49. The smallest absolute Gasteiger partial charge is 0.0658 e. The highest BCUT2D eigenvalue weighted by atomic mass is 16.3. The van der Waals surface area contributed by atoms with E-state index in [0.717, 1.165) is 18.9 Å². The third-order valence-electron chi connectivity index (χ3n) is 6.18. The van der Waals surface area contributed by atoms with Gasteiger partial charge in [-0.25, -0.2) is 0 Å². The summed E-state index contributed by atoms with van der Waals surface area (Å²) in [5, 5.41) is 14.4. The third kappa shape index (κ3) is 2.33. The molecule has 3 saturated heterocycles. The van der Waals surface area contributed by atoms with Crippen molar-refractivity contribution in [2.24, 2.45) is 13.0 Å². The SMILES string of the molecule is Cn1nc(C2CCCC2)cc1C1CN2CCC1CC2CO. The van der Waals surface area contributed by atoms with Crippen LogP contribution >= 0.6 is 0 Å². The van der Waals surface area contributed by atoms with E-state index in [-0.39, 0.29) is 0 Å². The molecule has 21 heavy (non-hydrogen) atoms. The van der Waals surface area contributed by atoms with E-state index >= 15 is 0 Å². The fourth-order valence-corrected chi connectivity index (χ4v) is 4.94. The van der Waals surface area contributed by atoms with E-state index < -0.39 is 0 Å². The number of aromatic nitrogens is 2. The number of nitrogens with zero attached hydrogens (tertiary/aromatic N) is 3. The van der Waals surface area contributed by atoms with Gasteiger partial charge in [-0.15, -0.1) is 0 Å². The maximum absolute atomic E-state index is 9.51. The lowest BCUT2D eigenvalue weighted by atomic mass is 9.74. The Morgan fingerprint density at radius 3 is 2.76 bits per heavy atom. The molecule has 0 radical (unpaired) electrons. The van der Waals surface area contributed by atoms with E-state index in [0.29, 0.717) is 24.5 Å². The molecule has 2 bridgehead atoms. The number of piperidine rings is 3. The minimum absolute atomic E-state index is 0.321. The van der Waals surface area contributed by atoms with Crippen molar-refractivity contribution >= 4 is 0 Å². The second kappa shape index (κ2) is 5.40. The van der Waals surface area contributed by atoms with Crippen LogP contribution in [0.3, 0.4) is 0 Å². The Morgan fingerprint density at radius 1 is 1.29 bits per heavy atom. The molecule has 5 rings (SSSR count). The van der Waals surface area contributed by atoms with Gasteiger partial charge < -0.3 is 5.11 Å². The highest BCUT2D eigenvalue weighted by Gasteiger charge is 2.41. The lowest BCUT2D eigenvalue weighted by Crippen LogP contribution is -2.53. The van der Waals surface area contributed by atoms with Crippen LogP contribution in [-0.2, 0) is 7.05 Å². The van der Waals surface area contributed by atoms with Crippen molar-refractivity contribution in [2.45, 2.75) is 56.4 Å². The molecule has 4 heteroatoms. The molecule has 4 nitrogen and oxygen atoms in total. The van der Waals surface area contributed by atoms with Crippen molar-refractivity contribution in [3.8, 4) is 0 Å².